The molecular weight excluding hydrogens is 625 g/mol. The first-order chi connectivity index (χ1) is 21.9. The van der Waals surface area contributed by atoms with Crippen LogP contribution in [0.15, 0.2) is 102 Å². The van der Waals surface area contributed by atoms with Gasteiger partial charge in [-0.2, -0.15) is 0 Å². The van der Waals surface area contributed by atoms with Gasteiger partial charge in [0.05, 0.1) is 10.6 Å². The number of hydrogen-bond donors (Lipinski definition) is 1. The molecule has 0 bridgehead atoms. The molecule has 0 aromatic heterocycles. The summed E-state index contributed by atoms with van der Waals surface area (Å²) in [6, 6.07) is 24.9. The summed E-state index contributed by atoms with van der Waals surface area (Å²) in [4.78, 5) is 29.8. The maximum absolute atomic E-state index is 14.5. The van der Waals surface area contributed by atoms with Crippen LogP contribution < -0.4 is 9.62 Å². The molecule has 4 aromatic rings. The summed E-state index contributed by atoms with van der Waals surface area (Å²) in [6.07, 6.45) is 0.851. The van der Waals surface area contributed by atoms with E-state index in [1.54, 1.807) is 43.3 Å². The maximum atomic E-state index is 14.5. The van der Waals surface area contributed by atoms with Crippen molar-refractivity contribution in [3.05, 3.63) is 130 Å². The molecule has 46 heavy (non-hydrogen) atoms. The number of nitrogens with zero attached hydrogens (tertiary/aromatic N) is 2. The number of sulfonamides is 1. The molecule has 10 heteroatoms. The van der Waals surface area contributed by atoms with Gasteiger partial charge in [0.1, 0.15) is 18.4 Å². The Morgan fingerprint density at radius 3 is 2.15 bits per heavy atom. The Labute approximate surface area is 276 Å². The molecule has 0 radical (unpaired) electrons. The van der Waals surface area contributed by atoms with Crippen LogP contribution >= 0.6 is 11.6 Å². The number of carbonyl (C=O) groups excluding carboxylic acids is 2. The number of nitrogens with one attached hydrogen (secondary N) is 1. The zero-order valence-corrected chi connectivity index (χ0v) is 28.0. The number of hydrogen-bond acceptors (Lipinski definition) is 4. The van der Waals surface area contributed by atoms with Gasteiger partial charge in [-0.15, -0.1) is 0 Å². The topological polar surface area (TPSA) is 86.8 Å². The fourth-order valence-corrected chi connectivity index (χ4v) is 6.47. The molecule has 2 amide bonds. The fourth-order valence-electron chi connectivity index (χ4n) is 4.88. The number of rotatable bonds is 13. The van der Waals surface area contributed by atoms with Gasteiger partial charge >= 0.3 is 0 Å². The normalized spacial score (nSPS) is 12.7. The summed E-state index contributed by atoms with van der Waals surface area (Å²) in [7, 11) is -4.26. The Morgan fingerprint density at radius 2 is 1.54 bits per heavy atom. The first-order valence-electron chi connectivity index (χ1n) is 15.1. The van der Waals surface area contributed by atoms with E-state index < -0.39 is 34.3 Å². The molecule has 0 saturated heterocycles. The number of carbonyl (C=O) groups is 2. The summed E-state index contributed by atoms with van der Waals surface area (Å²) in [5.41, 5.74) is 3.22. The van der Waals surface area contributed by atoms with Crippen LogP contribution in [0.4, 0.5) is 10.1 Å². The van der Waals surface area contributed by atoms with Gasteiger partial charge in [-0.25, -0.2) is 12.8 Å². The zero-order chi connectivity index (χ0) is 33.4. The molecule has 0 aliphatic rings. The number of amides is 2. The lowest BCUT2D eigenvalue weighted by atomic mass is 10.0. The van der Waals surface area contributed by atoms with E-state index in [2.05, 4.69) is 5.32 Å². The molecule has 7 nitrogen and oxygen atoms in total. The molecule has 0 saturated carbocycles. The Hall–Kier alpha value is -4.21. The van der Waals surface area contributed by atoms with E-state index in [1.165, 1.54) is 35.2 Å². The van der Waals surface area contributed by atoms with Crippen LogP contribution in [0, 0.1) is 19.7 Å². The summed E-state index contributed by atoms with van der Waals surface area (Å²) >= 11 is 6.44. The minimum Gasteiger partial charge on any atom is -0.352 e. The highest BCUT2D eigenvalue weighted by molar-refractivity contribution is 7.92. The van der Waals surface area contributed by atoms with Gasteiger partial charge in [-0.1, -0.05) is 84.8 Å². The second kappa shape index (κ2) is 15.4. The van der Waals surface area contributed by atoms with E-state index in [-0.39, 0.29) is 35.5 Å². The minimum absolute atomic E-state index is 0.00281. The van der Waals surface area contributed by atoms with Gasteiger partial charge in [0.25, 0.3) is 10.0 Å². The van der Waals surface area contributed by atoms with Crippen LogP contribution in [0.1, 0.15) is 42.5 Å². The van der Waals surface area contributed by atoms with Crippen LogP contribution in [-0.2, 0) is 32.6 Å². The molecule has 4 aromatic carbocycles. The average Bonchev–Trinajstić information content (AvgIpc) is 3.04. The van der Waals surface area contributed by atoms with Crippen molar-refractivity contribution in [2.75, 3.05) is 10.8 Å². The predicted molar refractivity (Wildman–Crippen MR) is 181 cm³/mol. The molecule has 0 aliphatic carbocycles. The highest BCUT2D eigenvalue weighted by Gasteiger charge is 2.35. The van der Waals surface area contributed by atoms with E-state index in [9.17, 15) is 22.4 Å². The van der Waals surface area contributed by atoms with Crippen LogP contribution in [0.5, 0.6) is 0 Å². The molecule has 242 valence electrons. The van der Waals surface area contributed by atoms with Crippen molar-refractivity contribution < 1.29 is 22.4 Å². The third-order valence-electron chi connectivity index (χ3n) is 7.87. The highest BCUT2D eigenvalue weighted by Crippen LogP contribution is 2.29. The first-order valence-corrected chi connectivity index (χ1v) is 16.9. The van der Waals surface area contributed by atoms with Crippen molar-refractivity contribution in [2.45, 2.75) is 64.1 Å². The standard InChI is InChI=1S/C36H39ClFN3O4S/c1-5-27(4)39-36(43)34(21-28-9-7-6-8-10-28)40(23-29-14-16-30(38)17-15-29)35(42)24-41(31-18-13-26(3)33(37)22-31)46(44,45)32-19-11-25(2)12-20-32/h6-20,22,27,34H,5,21,23-24H2,1-4H3,(H,39,43)/t27-,34+/m0/s1. The Balaban J connectivity index is 1.82. The fraction of sp³-hybridized carbons (Fsp3) is 0.278. The van der Waals surface area contributed by atoms with Gasteiger partial charge in [-0.05, 0) is 80.3 Å². The molecule has 1 N–H and O–H groups in total. The number of aryl methyl sites for hydroxylation is 2. The van der Waals surface area contributed by atoms with Gasteiger partial charge in [0, 0.05) is 24.0 Å². The third kappa shape index (κ3) is 8.73. The summed E-state index contributed by atoms with van der Waals surface area (Å²) in [5.74, 6) is -1.43. The highest BCUT2D eigenvalue weighted by atomic mass is 35.5. The van der Waals surface area contributed by atoms with Crippen LogP contribution in [-0.4, -0.2) is 43.8 Å². The van der Waals surface area contributed by atoms with E-state index in [1.807, 2.05) is 51.1 Å². The lowest BCUT2D eigenvalue weighted by Crippen LogP contribution is -2.54. The van der Waals surface area contributed by atoms with Crippen molar-refractivity contribution in [2.24, 2.45) is 0 Å². The molecular formula is C36H39ClFN3O4S. The molecule has 0 spiro atoms. The quantitative estimate of drug-likeness (QED) is 0.170. The number of anilines is 1. The SMILES string of the molecule is CC[C@H](C)NC(=O)[C@@H](Cc1ccccc1)N(Cc1ccc(F)cc1)C(=O)CN(c1ccc(C)c(Cl)c1)S(=O)(=O)c1ccc(C)cc1. The molecule has 4 rings (SSSR count). The van der Waals surface area contributed by atoms with Gasteiger partial charge in [-0.3, -0.25) is 13.9 Å². The van der Waals surface area contributed by atoms with Crippen molar-refractivity contribution in [1.29, 1.82) is 0 Å². The van der Waals surface area contributed by atoms with Crippen molar-refractivity contribution in [3.63, 3.8) is 0 Å². The summed E-state index contributed by atoms with van der Waals surface area (Å²) < 4.78 is 43.2. The molecule has 0 unspecified atom stereocenters. The largest absolute Gasteiger partial charge is 0.352 e. The molecule has 0 fully saturated rings. The van der Waals surface area contributed by atoms with Gasteiger partial charge < -0.3 is 10.2 Å². The van der Waals surface area contributed by atoms with Gasteiger partial charge in [0.2, 0.25) is 11.8 Å². The maximum Gasteiger partial charge on any atom is 0.264 e. The smallest absolute Gasteiger partial charge is 0.264 e. The molecule has 0 heterocycles. The van der Waals surface area contributed by atoms with Crippen molar-refractivity contribution in [3.8, 4) is 0 Å². The average molecular weight is 664 g/mol. The van der Waals surface area contributed by atoms with Crippen LogP contribution in [0.2, 0.25) is 5.02 Å². The summed E-state index contributed by atoms with van der Waals surface area (Å²) in [6.45, 7) is 6.79. The first kappa shape index (κ1) is 34.7. The lowest BCUT2D eigenvalue weighted by molar-refractivity contribution is -0.140. The number of benzene rings is 4. The zero-order valence-electron chi connectivity index (χ0n) is 26.4. The Bertz CT molecular complexity index is 1750. The monoisotopic (exact) mass is 663 g/mol. The van der Waals surface area contributed by atoms with E-state index in [4.69, 9.17) is 11.6 Å². The molecule has 2 atom stereocenters. The predicted octanol–water partition coefficient (Wildman–Crippen LogP) is 6.85. The second-order valence-electron chi connectivity index (χ2n) is 11.4. The number of halogens is 2. The van der Waals surface area contributed by atoms with E-state index in [0.29, 0.717) is 17.0 Å². The lowest BCUT2D eigenvalue weighted by Gasteiger charge is -2.34. The minimum atomic E-state index is -4.26. The Morgan fingerprint density at radius 1 is 0.891 bits per heavy atom. The van der Waals surface area contributed by atoms with E-state index >= 15 is 0 Å². The Kier molecular flexibility index (Phi) is 11.6. The van der Waals surface area contributed by atoms with Crippen molar-refractivity contribution in [1.82, 2.24) is 10.2 Å². The third-order valence-corrected chi connectivity index (χ3v) is 10.1. The second-order valence-corrected chi connectivity index (χ2v) is 13.7. The van der Waals surface area contributed by atoms with Gasteiger partial charge in [0.15, 0.2) is 0 Å². The van der Waals surface area contributed by atoms with E-state index in [0.717, 1.165) is 21.0 Å². The van der Waals surface area contributed by atoms with Crippen LogP contribution in [0.25, 0.3) is 0 Å². The van der Waals surface area contributed by atoms with Crippen molar-refractivity contribution >= 4 is 39.1 Å². The molecule has 0 aliphatic heterocycles. The van der Waals surface area contributed by atoms with Crippen LogP contribution in [0.3, 0.4) is 0 Å². The summed E-state index contributed by atoms with van der Waals surface area (Å²) in [5, 5.41) is 3.34.